The summed E-state index contributed by atoms with van der Waals surface area (Å²) < 4.78 is 1.21. The molecule has 86 valence electrons. The Labute approximate surface area is 99.7 Å². The van der Waals surface area contributed by atoms with Gasteiger partial charge in [0.15, 0.2) is 0 Å². The van der Waals surface area contributed by atoms with Gasteiger partial charge in [0, 0.05) is 0 Å². The number of nitrogens with zero attached hydrogens (tertiary/aromatic N) is 2. The molecule has 0 spiro atoms. The normalized spacial score (nSPS) is 21.4. The first kappa shape index (κ1) is 13.1. The Morgan fingerprint density at radius 1 is 1.00 bits per heavy atom. The Bertz CT molecular complexity index is 219. The van der Waals surface area contributed by atoms with Gasteiger partial charge in [-0.3, -0.25) is 0 Å². The standard InChI is InChI=1S/C9H18N2.2ClH.Ru/c1-8(2)10-5-6-11(7-10)9(3)4;;;/h8-9H,5-6H2,1-4H3;2*1H;/q;;;+2/p-2. The Kier molecular flexibility index (Phi) is 5.00. The summed E-state index contributed by atoms with van der Waals surface area (Å²) in [7, 11) is 12.3. The monoisotopic (exact) mass is 326 g/mol. The zero-order valence-electron chi connectivity index (χ0n) is 9.07. The van der Waals surface area contributed by atoms with Crippen molar-refractivity contribution in [3.05, 3.63) is 0 Å². The van der Waals surface area contributed by atoms with Crippen LogP contribution in [-0.4, -0.2) is 39.3 Å². The minimum absolute atomic E-state index is 0.502. The van der Waals surface area contributed by atoms with Gasteiger partial charge in [0.1, 0.15) is 0 Å². The van der Waals surface area contributed by atoms with E-state index in [9.17, 15) is 0 Å². The Morgan fingerprint density at radius 3 is 1.57 bits per heavy atom. The van der Waals surface area contributed by atoms with E-state index in [1.54, 1.807) is 0 Å². The van der Waals surface area contributed by atoms with Gasteiger partial charge in [-0.2, -0.15) is 0 Å². The van der Waals surface area contributed by atoms with Crippen LogP contribution in [0.2, 0.25) is 0 Å². The van der Waals surface area contributed by atoms with Crippen LogP contribution in [0.3, 0.4) is 0 Å². The number of halogens is 2. The van der Waals surface area contributed by atoms with Crippen LogP contribution in [0.1, 0.15) is 27.7 Å². The molecule has 0 amide bonds. The molecule has 0 aliphatic carbocycles. The summed E-state index contributed by atoms with van der Waals surface area (Å²) in [6, 6.07) is 1.00. The van der Waals surface area contributed by atoms with E-state index in [0.29, 0.717) is 12.1 Å². The van der Waals surface area contributed by atoms with Crippen LogP contribution < -0.4 is 0 Å². The molecule has 2 nitrogen and oxygen atoms in total. The zero-order valence-corrected chi connectivity index (χ0v) is 12.3. The third kappa shape index (κ3) is 2.77. The van der Waals surface area contributed by atoms with E-state index >= 15 is 0 Å². The van der Waals surface area contributed by atoms with Crippen LogP contribution in [0, 0.1) is 0 Å². The van der Waals surface area contributed by atoms with Crippen molar-refractivity contribution in [2.75, 3.05) is 13.1 Å². The van der Waals surface area contributed by atoms with Crippen molar-refractivity contribution < 1.29 is 13.5 Å². The number of hydrogen-bond acceptors (Lipinski definition) is 2. The molecule has 5 heteroatoms. The average molecular weight is 326 g/mol. The van der Waals surface area contributed by atoms with E-state index in [2.05, 4.69) is 37.5 Å². The van der Waals surface area contributed by atoms with Gasteiger partial charge in [-0.1, -0.05) is 0 Å². The van der Waals surface area contributed by atoms with Crippen molar-refractivity contribution in [2.24, 2.45) is 0 Å². The molecule has 1 fully saturated rings. The van der Waals surface area contributed by atoms with E-state index < -0.39 is 13.5 Å². The molecule has 0 saturated carbocycles. The second-order valence-corrected chi connectivity index (χ2v) is 9.67. The Morgan fingerprint density at radius 2 is 1.36 bits per heavy atom. The number of rotatable bonds is 2. The van der Waals surface area contributed by atoms with Gasteiger partial charge >= 0.3 is 99.9 Å². The van der Waals surface area contributed by atoms with Gasteiger partial charge in [0.25, 0.3) is 0 Å². The second-order valence-electron chi connectivity index (χ2n) is 4.02. The quantitative estimate of drug-likeness (QED) is 0.719. The molecule has 0 N–H and O–H groups in total. The number of hydrogen-bond donors (Lipinski definition) is 0. The first-order chi connectivity index (χ1) is 6.45. The molecule has 0 unspecified atom stereocenters. The molecule has 1 aliphatic heterocycles. The fraction of sp³-hybridized carbons (Fsp3) is 0.889. The van der Waals surface area contributed by atoms with E-state index in [0.717, 1.165) is 13.1 Å². The molecule has 0 bridgehead atoms. The predicted octanol–water partition coefficient (Wildman–Crippen LogP) is 2.43. The summed E-state index contributed by atoms with van der Waals surface area (Å²) in [5, 5.41) is 0. The Balaban J connectivity index is 2.92. The topological polar surface area (TPSA) is 6.48 Å². The molecule has 1 heterocycles. The summed E-state index contributed by atoms with van der Waals surface area (Å²) in [4.78, 5) is 4.69. The van der Waals surface area contributed by atoms with Crippen LogP contribution in [0.5, 0.6) is 0 Å². The molecular weight excluding hydrogens is 308 g/mol. The predicted molar refractivity (Wildman–Crippen MR) is 60.4 cm³/mol. The zero-order chi connectivity index (χ0) is 10.9. The summed E-state index contributed by atoms with van der Waals surface area (Å²) >= 11 is -1.78. The van der Waals surface area contributed by atoms with Gasteiger partial charge in [-0.05, 0) is 0 Å². The van der Waals surface area contributed by atoms with Gasteiger partial charge < -0.3 is 0 Å². The van der Waals surface area contributed by atoms with E-state index in [-0.39, 0.29) is 0 Å². The maximum atomic E-state index is 6.15. The molecule has 1 saturated heterocycles. The third-order valence-electron chi connectivity index (χ3n) is 2.41. The SMILES string of the molecule is CC(C)N1CCN(C(C)C)[C]1=[Ru]([Cl])[Cl]. The van der Waals surface area contributed by atoms with Crippen molar-refractivity contribution in [1.29, 1.82) is 0 Å². The molecule has 14 heavy (non-hydrogen) atoms. The van der Waals surface area contributed by atoms with Crippen LogP contribution >= 0.6 is 19.4 Å². The molecule has 1 aliphatic rings. The average Bonchev–Trinajstić information content (AvgIpc) is 2.46. The van der Waals surface area contributed by atoms with Crippen molar-refractivity contribution in [3.63, 3.8) is 0 Å². The third-order valence-corrected chi connectivity index (χ3v) is 5.41. The molecule has 0 aromatic rings. The van der Waals surface area contributed by atoms with Gasteiger partial charge in [0.2, 0.25) is 0 Å². The summed E-state index contributed by atoms with van der Waals surface area (Å²) in [5.74, 6) is 0. The summed E-state index contributed by atoms with van der Waals surface area (Å²) in [6.07, 6.45) is 0. The van der Waals surface area contributed by atoms with E-state index in [4.69, 9.17) is 19.4 Å². The molecule has 0 aromatic heterocycles. The Hall–Kier alpha value is 0.993. The van der Waals surface area contributed by atoms with Crippen molar-refractivity contribution >= 4 is 23.7 Å². The van der Waals surface area contributed by atoms with E-state index in [1.165, 1.54) is 4.35 Å². The minimum atomic E-state index is -1.78. The molecular formula is C9H18Cl2N2Ru. The second kappa shape index (κ2) is 5.36. The molecule has 0 aromatic carbocycles. The maximum absolute atomic E-state index is 6.15. The van der Waals surface area contributed by atoms with Crippen LogP contribution in [0.25, 0.3) is 0 Å². The van der Waals surface area contributed by atoms with Crippen LogP contribution in [0.4, 0.5) is 0 Å². The summed E-state index contributed by atoms with van der Waals surface area (Å²) in [5.41, 5.74) is 0. The van der Waals surface area contributed by atoms with Gasteiger partial charge in [-0.25, -0.2) is 0 Å². The first-order valence-electron chi connectivity index (χ1n) is 4.85. The molecule has 0 atom stereocenters. The fourth-order valence-corrected chi connectivity index (χ4v) is 5.50. The van der Waals surface area contributed by atoms with Crippen LogP contribution in [-0.2, 0) is 13.5 Å². The molecule has 1 rings (SSSR count). The van der Waals surface area contributed by atoms with Crippen LogP contribution in [0.15, 0.2) is 0 Å². The van der Waals surface area contributed by atoms with E-state index in [1.807, 2.05) is 0 Å². The van der Waals surface area contributed by atoms with Gasteiger partial charge in [0.05, 0.1) is 0 Å². The van der Waals surface area contributed by atoms with Crippen molar-refractivity contribution in [1.82, 2.24) is 9.80 Å². The van der Waals surface area contributed by atoms with Gasteiger partial charge in [-0.15, -0.1) is 0 Å². The molecule has 0 radical (unpaired) electrons. The summed E-state index contributed by atoms with van der Waals surface area (Å²) in [6.45, 7) is 10.9. The fourth-order valence-electron chi connectivity index (χ4n) is 1.64. The van der Waals surface area contributed by atoms with Crippen molar-refractivity contribution in [3.8, 4) is 0 Å². The van der Waals surface area contributed by atoms with Crippen molar-refractivity contribution in [2.45, 2.75) is 39.8 Å². The first-order valence-corrected chi connectivity index (χ1v) is 10.2.